The summed E-state index contributed by atoms with van der Waals surface area (Å²) >= 11 is 3.37. The van der Waals surface area contributed by atoms with E-state index < -0.39 is 0 Å². The Kier molecular flexibility index (Phi) is 9.65. The smallest absolute Gasteiger partial charge is 0.224 e. The minimum absolute atomic E-state index is 0. The SMILES string of the molecule is CNCC(C)C(=O)NCCOc1cccc(Br)c1.Cl. The number of hydrogen-bond donors (Lipinski definition) is 2. The summed E-state index contributed by atoms with van der Waals surface area (Å²) in [5.74, 6) is 0.810. The van der Waals surface area contributed by atoms with Gasteiger partial charge in [0, 0.05) is 16.9 Å². The molecule has 1 amide bonds. The van der Waals surface area contributed by atoms with Crippen molar-refractivity contribution in [3.8, 4) is 5.75 Å². The second-order valence-corrected chi connectivity index (χ2v) is 4.97. The van der Waals surface area contributed by atoms with Gasteiger partial charge in [-0.05, 0) is 25.2 Å². The summed E-state index contributed by atoms with van der Waals surface area (Å²) < 4.78 is 6.49. The van der Waals surface area contributed by atoms with Crippen LogP contribution in [-0.2, 0) is 4.79 Å². The zero-order valence-electron chi connectivity index (χ0n) is 11.1. The number of rotatable bonds is 7. The molecule has 0 saturated carbocycles. The lowest BCUT2D eigenvalue weighted by atomic mass is 10.1. The Morgan fingerprint density at radius 1 is 1.47 bits per heavy atom. The van der Waals surface area contributed by atoms with Gasteiger partial charge in [0.1, 0.15) is 12.4 Å². The Labute approximate surface area is 128 Å². The molecule has 108 valence electrons. The van der Waals surface area contributed by atoms with Gasteiger partial charge in [-0.1, -0.05) is 28.9 Å². The van der Waals surface area contributed by atoms with E-state index in [0.29, 0.717) is 19.7 Å². The largest absolute Gasteiger partial charge is 0.492 e. The fraction of sp³-hybridized carbons (Fsp3) is 0.462. The van der Waals surface area contributed by atoms with Gasteiger partial charge in [-0.3, -0.25) is 4.79 Å². The zero-order valence-corrected chi connectivity index (χ0v) is 13.5. The maximum atomic E-state index is 11.6. The number of hydrogen-bond acceptors (Lipinski definition) is 3. The van der Waals surface area contributed by atoms with Gasteiger partial charge in [0.2, 0.25) is 5.91 Å². The average molecular weight is 352 g/mol. The number of amides is 1. The molecule has 1 rings (SSSR count). The van der Waals surface area contributed by atoms with Crippen LogP contribution in [0.2, 0.25) is 0 Å². The number of benzene rings is 1. The highest BCUT2D eigenvalue weighted by molar-refractivity contribution is 9.10. The van der Waals surface area contributed by atoms with Gasteiger partial charge in [0.15, 0.2) is 0 Å². The molecule has 0 aliphatic heterocycles. The molecule has 0 fully saturated rings. The van der Waals surface area contributed by atoms with Gasteiger partial charge in [-0.25, -0.2) is 0 Å². The molecule has 1 aromatic carbocycles. The highest BCUT2D eigenvalue weighted by Gasteiger charge is 2.10. The normalized spacial score (nSPS) is 11.3. The number of carbonyl (C=O) groups excluding carboxylic acids is 1. The van der Waals surface area contributed by atoms with E-state index >= 15 is 0 Å². The van der Waals surface area contributed by atoms with Crippen LogP contribution in [0.4, 0.5) is 0 Å². The summed E-state index contributed by atoms with van der Waals surface area (Å²) in [5.41, 5.74) is 0. The number of nitrogens with one attached hydrogen (secondary N) is 2. The third-order valence-corrected chi connectivity index (χ3v) is 2.92. The van der Waals surface area contributed by atoms with E-state index in [1.54, 1.807) is 0 Å². The molecule has 0 aliphatic carbocycles. The molecule has 1 aromatic rings. The van der Waals surface area contributed by atoms with Gasteiger partial charge >= 0.3 is 0 Å². The second kappa shape index (κ2) is 10.1. The molecule has 0 saturated heterocycles. The third kappa shape index (κ3) is 7.40. The first kappa shape index (κ1) is 18.2. The maximum Gasteiger partial charge on any atom is 0.224 e. The Bertz CT molecular complexity index is 391. The molecular weight excluding hydrogens is 332 g/mol. The molecule has 2 N–H and O–H groups in total. The van der Waals surface area contributed by atoms with Crippen LogP contribution in [0.5, 0.6) is 5.75 Å². The molecule has 1 atom stereocenters. The first-order chi connectivity index (χ1) is 8.63. The average Bonchev–Trinajstić information content (AvgIpc) is 2.35. The maximum absolute atomic E-state index is 11.6. The van der Waals surface area contributed by atoms with Crippen LogP contribution >= 0.6 is 28.3 Å². The van der Waals surface area contributed by atoms with Crippen molar-refractivity contribution >= 4 is 34.2 Å². The van der Waals surface area contributed by atoms with E-state index in [1.165, 1.54) is 0 Å². The highest BCUT2D eigenvalue weighted by atomic mass is 79.9. The lowest BCUT2D eigenvalue weighted by Gasteiger charge is -2.12. The van der Waals surface area contributed by atoms with Crippen molar-refractivity contribution in [1.29, 1.82) is 0 Å². The van der Waals surface area contributed by atoms with E-state index in [4.69, 9.17) is 4.74 Å². The summed E-state index contributed by atoms with van der Waals surface area (Å²) in [6, 6.07) is 7.63. The van der Waals surface area contributed by atoms with Crippen molar-refractivity contribution in [3.05, 3.63) is 28.7 Å². The van der Waals surface area contributed by atoms with Crippen LogP contribution in [0.25, 0.3) is 0 Å². The lowest BCUT2D eigenvalue weighted by Crippen LogP contribution is -2.36. The fourth-order valence-corrected chi connectivity index (χ4v) is 1.85. The van der Waals surface area contributed by atoms with Crippen LogP contribution in [0.15, 0.2) is 28.7 Å². The lowest BCUT2D eigenvalue weighted by molar-refractivity contribution is -0.124. The van der Waals surface area contributed by atoms with Crippen molar-refractivity contribution in [2.45, 2.75) is 6.92 Å². The van der Waals surface area contributed by atoms with Gasteiger partial charge in [-0.2, -0.15) is 0 Å². The van der Waals surface area contributed by atoms with Crippen LogP contribution in [0.1, 0.15) is 6.92 Å². The minimum atomic E-state index is -0.0270. The monoisotopic (exact) mass is 350 g/mol. The van der Waals surface area contributed by atoms with E-state index in [2.05, 4.69) is 26.6 Å². The molecule has 4 nitrogen and oxygen atoms in total. The molecule has 19 heavy (non-hydrogen) atoms. The standard InChI is InChI=1S/C13H19BrN2O2.ClH/c1-10(9-15-2)13(17)16-6-7-18-12-5-3-4-11(14)8-12;/h3-5,8,10,15H,6-7,9H2,1-2H3,(H,16,17);1H. The summed E-state index contributed by atoms with van der Waals surface area (Å²) in [7, 11) is 1.83. The topological polar surface area (TPSA) is 50.4 Å². The number of carbonyl (C=O) groups is 1. The van der Waals surface area contributed by atoms with Crippen molar-refractivity contribution in [3.63, 3.8) is 0 Å². The van der Waals surface area contributed by atoms with E-state index in [-0.39, 0.29) is 24.2 Å². The van der Waals surface area contributed by atoms with E-state index in [0.717, 1.165) is 10.2 Å². The summed E-state index contributed by atoms with van der Waals surface area (Å²) in [4.78, 5) is 11.6. The zero-order chi connectivity index (χ0) is 13.4. The predicted octanol–water partition coefficient (Wildman–Crippen LogP) is 2.22. The summed E-state index contributed by atoms with van der Waals surface area (Å²) in [6.45, 7) is 3.55. The summed E-state index contributed by atoms with van der Waals surface area (Å²) in [6.07, 6.45) is 0. The molecule has 0 aromatic heterocycles. The Balaban J connectivity index is 0.00000324. The number of halogens is 2. The van der Waals surface area contributed by atoms with Crippen LogP contribution in [0, 0.1) is 5.92 Å². The Morgan fingerprint density at radius 2 is 2.21 bits per heavy atom. The van der Waals surface area contributed by atoms with Crippen molar-refractivity contribution < 1.29 is 9.53 Å². The molecule has 0 radical (unpaired) electrons. The molecule has 0 aliphatic rings. The Morgan fingerprint density at radius 3 is 2.84 bits per heavy atom. The summed E-state index contributed by atoms with van der Waals surface area (Å²) in [5, 5.41) is 5.81. The molecule has 0 heterocycles. The molecular formula is C13H20BrClN2O2. The number of ether oxygens (including phenoxy) is 1. The van der Waals surface area contributed by atoms with E-state index in [9.17, 15) is 4.79 Å². The first-order valence-electron chi connectivity index (χ1n) is 5.94. The van der Waals surface area contributed by atoms with Gasteiger partial charge in [0.25, 0.3) is 0 Å². The Hall–Kier alpha value is -0.780. The van der Waals surface area contributed by atoms with Crippen molar-refractivity contribution in [2.75, 3.05) is 26.7 Å². The molecule has 0 spiro atoms. The van der Waals surface area contributed by atoms with Gasteiger partial charge in [-0.15, -0.1) is 12.4 Å². The van der Waals surface area contributed by atoms with Crippen molar-refractivity contribution in [2.24, 2.45) is 5.92 Å². The quantitative estimate of drug-likeness (QED) is 0.741. The second-order valence-electron chi connectivity index (χ2n) is 4.06. The minimum Gasteiger partial charge on any atom is -0.492 e. The fourth-order valence-electron chi connectivity index (χ4n) is 1.47. The highest BCUT2D eigenvalue weighted by Crippen LogP contribution is 2.17. The molecule has 1 unspecified atom stereocenters. The van der Waals surface area contributed by atoms with Gasteiger partial charge in [0.05, 0.1) is 6.54 Å². The van der Waals surface area contributed by atoms with Crippen LogP contribution in [-0.4, -0.2) is 32.7 Å². The molecule has 0 bridgehead atoms. The van der Waals surface area contributed by atoms with E-state index in [1.807, 2.05) is 38.2 Å². The van der Waals surface area contributed by atoms with Crippen molar-refractivity contribution in [1.82, 2.24) is 10.6 Å². The van der Waals surface area contributed by atoms with Crippen LogP contribution < -0.4 is 15.4 Å². The molecule has 6 heteroatoms. The van der Waals surface area contributed by atoms with Crippen LogP contribution in [0.3, 0.4) is 0 Å². The first-order valence-corrected chi connectivity index (χ1v) is 6.73. The van der Waals surface area contributed by atoms with Gasteiger partial charge < -0.3 is 15.4 Å². The predicted molar refractivity (Wildman–Crippen MR) is 83.0 cm³/mol. The third-order valence-electron chi connectivity index (χ3n) is 2.42.